The van der Waals surface area contributed by atoms with Crippen molar-refractivity contribution in [3.05, 3.63) is 47.5 Å². The summed E-state index contributed by atoms with van der Waals surface area (Å²) in [6, 6.07) is 10.4. The second kappa shape index (κ2) is 8.92. The second-order valence-corrected chi connectivity index (χ2v) is 8.99. The maximum absolute atomic E-state index is 13.1. The van der Waals surface area contributed by atoms with E-state index in [0.29, 0.717) is 11.5 Å². The van der Waals surface area contributed by atoms with Gasteiger partial charge in [0.15, 0.2) is 0 Å². The predicted molar refractivity (Wildman–Crippen MR) is 109 cm³/mol. The zero-order valence-corrected chi connectivity index (χ0v) is 17.4. The SMILES string of the molecule is COc1ccc(S(=O)(=O)N(CC(=O)O)c2ccc(OC3CCCC3)cc2)cc1Cl. The standard InChI is InChI=1S/C20H22ClNO6S/c1-27-19-11-10-17(12-18(19)21)29(25,26)22(13-20(23)24)14-6-8-16(9-7-14)28-15-4-2-3-5-15/h6-12,15H,2-5,13H2,1H3,(H,23,24). The number of carboxylic acids is 1. The number of hydrogen-bond donors (Lipinski definition) is 1. The fraction of sp³-hybridized carbons (Fsp3) is 0.350. The summed E-state index contributed by atoms with van der Waals surface area (Å²) in [6.45, 7) is -0.727. The molecule has 0 aromatic heterocycles. The quantitative estimate of drug-likeness (QED) is 0.669. The van der Waals surface area contributed by atoms with Crippen molar-refractivity contribution in [2.45, 2.75) is 36.7 Å². The van der Waals surface area contributed by atoms with E-state index in [2.05, 4.69) is 0 Å². The van der Waals surface area contributed by atoms with Crippen molar-refractivity contribution in [2.24, 2.45) is 0 Å². The number of anilines is 1. The number of rotatable bonds is 8. The van der Waals surface area contributed by atoms with Gasteiger partial charge in [-0.25, -0.2) is 8.42 Å². The van der Waals surface area contributed by atoms with Gasteiger partial charge in [-0.15, -0.1) is 0 Å². The molecule has 0 radical (unpaired) electrons. The Labute approximate surface area is 174 Å². The molecule has 1 N–H and O–H groups in total. The number of methoxy groups -OCH3 is 1. The predicted octanol–water partition coefficient (Wildman–Crippen LogP) is 3.95. The summed E-state index contributed by atoms with van der Waals surface area (Å²) in [4.78, 5) is 11.2. The molecule has 9 heteroatoms. The van der Waals surface area contributed by atoms with Gasteiger partial charge in [0.2, 0.25) is 0 Å². The van der Waals surface area contributed by atoms with Crippen LogP contribution in [0.15, 0.2) is 47.4 Å². The Kier molecular flexibility index (Phi) is 6.54. The average molecular weight is 440 g/mol. The van der Waals surface area contributed by atoms with Gasteiger partial charge < -0.3 is 14.6 Å². The van der Waals surface area contributed by atoms with E-state index < -0.39 is 22.5 Å². The van der Waals surface area contributed by atoms with E-state index in [9.17, 15) is 18.3 Å². The van der Waals surface area contributed by atoms with Gasteiger partial charge in [-0.2, -0.15) is 0 Å². The Balaban J connectivity index is 1.90. The van der Waals surface area contributed by atoms with Gasteiger partial charge in [-0.1, -0.05) is 11.6 Å². The first-order chi connectivity index (χ1) is 13.8. The molecule has 1 fully saturated rings. The largest absolute Gasteiger partial charge is 0.495 e. The Bertz CT molecular complexity index is 971. The Morgan fingerprint density at radius 2 is 1.83 bits per heavy atom. The van der Waals surface area contributed by atoms with Crippen LogP contribution in [-0.2, 0) is 14.8 Å². The van der Waals surface area contributed by atoms with E-state index in [0.717, 1.165) is 30.0 Å². The molecule has 1 aliphatic rings. The summed E-state index contributed by atoms with van der Waals surface area (Å²) < 4.78 is 38.0. The first-order valence-electron chi connectivity index (χ1n) is 9.16. The number of nitrogens with zero attached hydrogens (tertiary/aromatic N) is 1. The van der Waals surface area contributed by atoms with Gasteiger partial charge in [0.05, 0.1) is 28.8 Å². The minimum absolute atomic E-state index is 0.115. The lowest BCUT2D eigenvalue weighted by atomic mass is 10.2. The lowest BCUT2D eigenvalue weighted by Gasteiger charge is -2.23. The summed E-state index contributed by atoms with van der Waals surface area (Å²) in [7, 11) is -2.74. The Hall–Kier alpha value is -2.45. The van der Waals surface area contributed by atoms with Crippen molar-refractivity contribution in [1.82, 2.24) is 0 Å². The molecular weight excluding hydrogens is 418 g/mol. The number of ether oxygens (including phenoxy) is 2. The molecule has 0 saturated heterocycles. The van der Waals surface area contributed by atoms with Crippen LogP contribution >= 0.6 is 11.6 Å². The fourth-order valence-corrected chi connectivity index (χ4v) is 5.03. The molecule has 0 unspecified atom stereocenters. The molecule has 2 aromatic rings. The van der Waals surface area contributed by atoms with Crippen LogP contribution in [0.5, 0.6) is 11.5 Å². The summed E-state index contributed by atoms with van der Waals surface area (Å²) >= 11 is 6.05. The molecule has 29 heavy (non-hydrogen) atoms. The molecule has 156 valence electrons. The number of halogens is 1. The molecule has 1 aliphatic carbocycles. The molecule has 0 spiro atoms. The molecule has 0 atom stereocenters. The topological polar surface area (TPSA) is 93.1 Å². The van der Waals surface area contributed by atoms with Gasteiger partial charge >= 0.3 is 5.97 Å². The first kappa shape index (κ1) is 21.3. The average Bonchev–Trinajstić information content (AvgIpc) is 3.19. The van der Waals surface area contributed by atoms with Crippen LogP contribution in [0.1, 0.15) is 25.7 Å². The maximum Gasteiger partial charge on any atom is 0.324 e. The highest BCUT2D eigenvalue weighted by atomic mass is 35.5. The highest BCUT2D eigenvalue weighted by Crippen LogP contribution is 2.31. The smallest absolute Gasteiger partial charge is 0.324 e. The van der Waals surface area contributed by atoms with Crippen LogP contribution in [0.2, 0.25) is 5.02 Å². The van der Waals surface area contributed by atoms with Gasteiger partial charge in [-0.3, -0.25) is 9.10 Å². The summed E-state index contributed by atoms with van der Waals surface area (Å²) in [6.07, 6.45) is 4.44. The van der Waals surface area contributed by atoms with Gasteiger partial charge in [0, 0.05) is 0 Å². The number of carboxylic acid groups (broad SMARTS) is 1. The van der Waals surface area contributed by atoms with Crippen LogP contribution in [0.3, 0.4) is 0 Å². The zero-order chi connectivity index (χ0) is 21.0. The van der Waals surface area contributed by atoms with E-state index in [-0.39, 0.29) is 21.7 Å². The Morgan fingerprint density at radius 3 is 2.38 bits per heavy atom. The van der Waals surface area contributed by atoms with Crippen LogP contribution in [0.25, 0.3) is 0 Å². The molecule has 0 bridgehead atoms. The van der Waals surface area contributed by atoms with E-state index in [1.54, 1.807) is 12.1 Å². The van der Waals surface area contributed by atoms with Crippen molar-refractivity contribution >= 4 is 33.3 Å². The third-order valence-corrected chi connectivity index (χ3v) is 6.78. The van der Waals surface area contributed by atoms with Gasteiger partial charge in [0.25, 0.3) is 10.0 Å². The normalized spacial score (nSPS) is 14.6. The monoisotopic (exact) mass is 439 g/mol. The van der Waals surface area contributed by atoms with E-state index in [4.69, 9.17) is 21.1 Å². The van der Waals surface area contributed by atoms with Crippen LogP contribution < -0.4 is 13.8 Å². The Morgan fingerprint density at radius 1 is 1.17 bits per heavy atom. The van der Waals surface area contributed by atoms with Crippen LogP contribution in [0, 0.1) is 0 Å². The van der Waals surface area contributed by atoms with E-state index in [1.807, 2.05) is 0 Å². The van der Waals surface area contributed by atoms with Gasteiger partial charge in [0.1, 0.15) is 18.0 Å². The number of benzene rings is 2. The third kappa shape index (κ3) is 4.94. The molecule has 0 aliphatic heterocycles. The van der Waals surface area contributed by atoms with Gasteiger partial charge in [-0.05, 0) is 68.1 Å². The molecule has 3 rings (SSSR count). The van der Waals surface area contributed by atoms with Crippen molar-refractivity contribution in [2.75, 3.05) is 18.0 Å². The molecule has 0 amide bonds. The number of carbonyl (C=O) groups is 1. The lowest BCUT2D eigenvalue weighted by Crippen LogP contribution is -2.35. The van der Waals surface area contributed by atoms with Crippen LogP contribution in [-0.4, -0.2) is 39.3 Å². The highest BCUT2D eigenvalue weighted by molar-refractivity contribution is 7.92. The van der Waals surface area contributed by atoms with Crippen molar-refractivity contribution in [3.63, 3.8) is 0 Å². The van der Waals surface area contributed by atoms with Crippen molar-refractivity contribution in [3.8, 4) is 11.5 Å². The number of aliphatic carboxylic acids is 1. The van der Waals surface area contributed by atoms with E-state index in [1.165, 1.54) is 37.4 Å². The third-order valence-electron chi connectivity index (χ3n) is 4.72. The summed E-state index contributed by atoms with van der Waals surface area (Å²) in [5.41, 5.74) is 0.220. The highest BCUT2D eigenvalue weighted by Gasteiger charge is 2.28. The number of sulfonamides is 1. The number of hydrogen-bond acceptors (Lipinski definition) is 5. The fourth-order valence-electron chi connectivity index (χ4n) is 3.26. The van der Waals surface area contributed by atoms with E-state index >= 15 is 0 Å². The minimum atomic E-state index is -4.16. The lowest BCUT2D eigenvalue weighted by molar-refractivity contribution is -0.135. The summed E-state index contributed by atoms with van der Waals surface area (Å²) in [5.74, 6) is -0.330. The minimum Gasteiger partial charge on any atom is -0.495 e. The first-order valence-corrected chi connectivity index (χ1v) is 11.0. The summed E-state index contributed by atoms with van der Waals surface area (Å²) in [5, 5.41) is 9.37. The molecule has 2 aromatic carbocycles. The maximum atomic E-state index is 13.1. The molecule has 1 saturated carbocycles. The molecule has 7 nitrogen and oxygen atoms in total. The molecule has 0 heterocycles. The van der Waals surface area contributed by atoms with Crippen molar-refractivity contribution < 1.29 is 27.8 Å². The van der Waals surface area contributed by atoms with Crippen LogP contribution in [0.4, 0.5) is 5.69 Å². The van der Waals surface area contributed by atoms with Crippen molar-refractivity contribution in [1.29, 1.82) is 0 Å². The second-order valence-electron chi connectivity index (χ2n) is 6.72. The molecular formula is C20H22ClNO6S. The zero-order valence-electron chi connectivity index (χ0n) is 15.9.